The molecule has 0 aliphatic heterocycles. The summed E-state index contributed by atoms with van der Waals surface area (Å²) in [5.41, 5.74) is 7.66. The van der Waals surface area contributed by atoms with Crippen LogP contribution in [0.4, 0.5) is 5.69 Å². The normalized spacial score (nSPS) is 17.6. The molecule has 0 heterocycles. The van der Waals surface area contributed by atoms with E-state index in [2.05, 4.69) is 4.99 Å². The van der Waals surface area contributed by atoms with Gasteiger partial charge in [0, 0.05) is 6.21 Å². The van der Waals surface area contributed by atoms with Gasteiger partial charge in [-0.1, -0.05) is 18.2 Å². The number of benzene rings is 1. The van der Waals surface area contributed by atoms with Crippen molar-refractivity contribution in [1.82, 2.24) is 0 Å². The van der Waals surface area contributed by atoms with Gasteiger partial charge < -0.3 is 5.73 Å². The molecule has 1 aromatic carbocycles. The fourth-order valence-corrected chi connectivity index (χ4v) is 1.36. The van der Waals surface area contributed by atoms with Gasteiger partial charge in [0.15, 0.2) is 0 Å². The van der Waals surface area contributed by atoms with Gasteiger partial charge in [-0.05, 0) is 42.7 Å². The van der Waals surface area contributed by atoms with E-state index < -0.39 is 0 Å². The summed E-state index contributed by atoms with van der Waals surface area (Å²) in [5.74, 6) is 0.660. The summed E-state index contributed by atoms with van der Waals surface area (Å²) >= 11 is 0. The first kappa shape index (κ1) is 9.00. The maximum absolute atomic E-state index is 5.52. The molecule has 1 aromatic rings. The van der Waals surface area contributed by atoms with Crippen LogP contribution in [-0.4, -0.2) is 6.21 Å². The largest absolute Gasteiger partial charge is 0.404 e. The van der Waals surface area contributed by atoms with E-state index in [4.69, 9.17) is 5.73 Å². The van der Waals surface area contributed by atoms with Crippen molar-refractivity contribution in [3.05, 3.63) is 42.1 Å². The second-order valence-electron chi connectivity index (χ2n) is 3.53. The number of nitrogens with two attached hydrogens (primary N) is 1. The fraction of sp³-hybridized carbons (Fsp3) is 0.250. The molecule has 0 unspecified atom stereocenters. The molecule has 2 rings (SSSR count). The Morgan fingerprint density at radius 3 is 2.57 bits per heavy atom. The summed E-state index contributed by atoms with van der Waals surface area (Å²) in [6, 6.07) is 9.92. The Hall–Kier alpha value is -1.57. The van der Waals surface area contributed by atoms with E-state index in [0.29, 0.717) is 5.92 Å². The van der Waals surface area contributed by atoms with Crippen molar-refractivity contribution < 1.29 is 0 Å². The van der Waals surface area contributed by atoms with Crippen LogP contribution < -0.4 is 5.73 Å². The Morgan fingerprint density at radius 2 is 2.00 bits per heavy atom. The van der Waals surface area contributed by atoms with E-state index in [1.807, 2.05) is 36.5 Å². The lowest BCUT2D eigenvalue weighted by Gasteiger charge is -1.95. The molecule has 0 aromatic heterocycles. The molecule has 72 valence electrons. The molecule has 0 saturated heterocycles. The van der Waals surface area contributed by atoms with Crippen LogP contribution in [0.2, 0.25) is 0 Å². The molecule has 2 heteroatoms. The monoisotopic (exact) mass is 186 g/mol. The third-order valence-corrected chi connectivity index (χ3v) is 2.36. The Labute approximate surface area is 84.2 Å². The molecule has 2 nitrogen and oxygen atoms in total. The van der Waals surface area contributed by atoms with Crippen LogP contribution in [0.5, 0.6) is 0 Å². The number of hydrogen-bond acceptors (Lipinski definition) is 2. The highest BCUT2D eigenvalue weighted by atomic mass is 14.7. The highest BCUT2D eigenvalue weighted by Gasteiger charge is 2.24. The van der Waals surface area contributed by atoms with Gasteiger partial charge in [-0.3, -0.25) is 4.99 Å². The van der Waals surface area contributed by atoms with Crippen LogP contribution in [0.1, 0.15) is 12.8 Å². The SMILES string of the molecule is N/C=C(\C=Nc1ccccc1)C1CC1. The average Bonchev–Trinajstić information content (AvgIpc) is 3.05. The standard InChI is InChI=1S/C12H14N2/c13-8-11(10-6-7-10)9-14-12-4-2-1-3-5-12/h1-5,8-10H,6-7,13H2/b11-8+,14-9?. The third kappa shape index (κ3) is 2.22. The Balaban J connectivity index is 2.06. The van der Waals surface area contributed by atoms with Gasteiger partial charge in [-0.15, -0.1) is 0 Å². The molecule has 0 atom stereocenters. The molecule has 0 spiro atoms. The molecule has 0 radical (unpaired) electrons. The van der Waals surface area contributed by atoms with Crippen LogP contribution in [0.25, 0.3) is 0 Å². The maximum atomic E-state index is 5.52. The molecule has 2 N–H and O–H groups in total. The number of para-hydroxylation sites is 1. The zero-order valence-corrected chi connectivity index (χ0v) is 8.06. The van der Waals surface area contributed by atoms with E-state index in [9.17, 15) is 0 Å². The summed E-state index contributed by atoms with van der Waals surface area (Å²) < 4.78 is 0. The molecule has 1 aliphatic rings. The van der Waals surface area contributed by atoms with Gasteiger partial charge >= 0.3 is 0 Å². The number of aliphatic imine (C=N–C) groups is 1. The van der Waals surface area contributed by atoms with Gasteiger partial charge in [0.1, 0.15) is 0 Å². The van der Waals surface area contributed by atoms with Crippen LogP contribution in [0.15, 0.2) is 47.1 Å². The van der Waals surface area contributed by atoms with Gasteiger partial charge in [0.2, 0.25) is 0 Å². The van der Waals surface area contributed by atoms with Crippen molar-refractivity contribution in [2.24, 2.45) is 16.6 Å². The molecule has 0 amide bonds. The summed E-state index contributed by atoms with van der Waals surface area (Å²) in [7, 11) is 0. The molecule has 1 aliphatic carbocycles. The van der Waals surface area contributed by atoms with Crippen LogP contribution >= 0.6 is 0 Å². The highest BCUT2D eigenvalue weighted by molar-refractivity contribution is 5.82. The number of allylic oxidation sites excluding steroid dienone is 1. The Morgan fingerprint density at radius 1 is 1.29 bits per heavy atom. The predicted octanol–water partition coefficient (Wildman–Crippen LogP) is 2.64. The van der Waals surface area contributed by atoms with E-state index >= 15 is 0 Å². The smallest absolute Gasteiger partial charge is 0.0629 e. The topological polar surface area (TPSA) is 38.4 Å². The molecule has 0 bridgehead atoms. The minimum Gasteiger partial charge on any atom is -0.404 e. The third-order valence-electron chi connectivity index (χ3n) is 2.36. The Bertz CT molecular complexity index is 348. The van der Waals surface area contributed by atoms with Crippen molar-refractivity contribution in [2.45, 2.75) is 12.8 Å². The van der Waals surface area contributed by atoms with E-state index in [-0.39, 0.29) is 0 Å². The average molecular weight is 186 g/mol. The Kier molecular flexibility index (Phi) is 2.63. The first-order valence-electron chi connectivity index (χ1n) is 4.91. The summed E-state index contributed by atoms with van der Waals surface area (Å²) in [6.45, 7) is 0. The predicted molar refractivity (Wildman–Crippen MR) is 59.6 cm³/mol. The minimum absolute atomic E-state index is 0.660. The van der Waals surface area contributed by atoms with Crippen molar-refractivity contribution in [2.75, 3.05) is 0 Å². The lowest BCUT2D eigenvalue weighted by Crippen LogP contribution is -1.92. The summed E-state index contributed by atoms with van der Waals surface area (Å²) in [6.07, 6.45) is 6.06. The van der Waals surface area contributed by atoms with Gasteiger partial charge in [-0.25, -0.2) is 0 Å². The summed E-state index contributed by atoms with van der Waals surface area (Å²) in [4.78, 5) is 4.37. The molecular weight excluding hydrogens is 172 g/mol. The molecule has 1 fully saturated rings. The minimum atomic E-state index is 0.660. The van der Waals surface area contributed by atoms with E-state index in [1.165, 1.54) is 12.8 Å². The lowest BCUT2D eigenvalue weighted by atomic mass is 10.2. The van der Waals surface area contributed by atoms with Crippen molar-refractivity contribution in [1.29, 1.82) is 0 Å². The van der Waals surface area contributed by atoms with Crippen LogP contribution in [0.3, 0.4) is 0 Å². The second kappa shape index (κ2) is 4.09. The van der Waals surface area contributed by atoms with Crippen LogP contribution in [0, 0.1) is 5.92 Å². The summed E-state index contributed by atoms with van der Waals surface area (Å²) in [5, 5.41) is 0. The van der Waals surface area contributed by atoms with Gasteiger partial charge in [-0.2, -0.15) is 0 Å². The van der Waals surface area contributed by atoms with E-state index in [0.717, 1.165) is 11.3 Å². The first-order chi connectivity index (χ1) is 6.90. The van der Waals surface area contributed by atoms with Crippen LogP contribution in [-0.2, 0) is 0 Å². The lowest BCUT2D eigenvalue weighted by molar-refractivity contribution is 1.07. The van der Waals surface area contributed by atoms with E-state index in [1.54, 1.807) is 6.20 Å². The van der Waals surface area contributed by atoms with Gasteiger partial charge in [0.25, 0.3) is 0 Å². The quantitative estimate of drug-likeness (QED) is 0.724. The first-order valence-corrected chi connectivity index (χ1v) is 4.91. The number of rotatable bonds is 3. The molecular formula is C12H14N2. The zero-order chi connectivity index (χ0) is 9.80. The zero-order valence-electron chi connectivity index (χ0n) is 8.06. The molecule has 14 heavy (non-hydrogen) atoms. The van der Waals surface area contributed by atoms with Crippen molar-refractivity contribution in [3.63, 3.8) is 0 Å². The second-order valence-corrected chi connectivity index (χ2v) is 3.53. The fourth-order valence-electron chi connectivity index (χ4n) is 1.36. The number of hydrogen-bond donors (Lipinski definition) is 1. The van der Waals surface area contributed by atoms with Crippen molar-refractivity contribution >= 4 is 11.9 Å². The molecule has 1 saturated carbocycles. The van der Waals surface area contributed by atoms with Gasteiger partial charge in [0.05, 0.1) is 5.69 Å². The number of nitrogens with zero attached hydrogens (tertiary/aromatic N) is 1. The van der Waals surface area contributed by atoms with Crippen molar-refractivity contribution in [3.8, 4) is 0 Å². The maximum Gasteiger partial charge on any atom is 0.0629 e. The highest BCUT2D eigenvalue weighted by Crippen LogP contribution is 2.35.